The lowest BCUT2D eigenvalue weighted by atomic mass is 10.1. The molecular formula is C23H21BrF4N4O. The Morgan fingerprint density at radius 1 is 1.12 bits per heavy atom. The van der Waals surface area contributed by atoms with Gasteiger partial charge in [-0.05, 0) is 56.2 Å². The van der Waals surface area contributed by atoms with E-state index in [1.165, 1.54) is 29.0 Å². The summed E-state index contributed by atoms with van der Waals surface area (Å²) in [4.78, 5) is 8.07. The molecule has 4 rings (SSSR count). The molecule has 2 heterocycles. The summed E-state index contributed by atoms with van der Waals surface area (Å²) < 4.78 is 62.4. The molecule has 0 saturated carbocycles. The fourth-order valence-corrected chi connectivity index (χ4v) is 4.14. The molecule has 4 aromatic rings. The SMILES string of the molecule is C[C@@H](N)c1cc(F)ccc1OCCCCn1c(C(F)(F)F)nc2cnc3ccc(Br)cc3c21. The van der Waals surface area contributed by atoms with Crippen LogP contribution in [0.2, 0.25) is 0 Å². The summed E-state index contributed by atoms with van der Waals surface area (Å²) in [6, 6.07) is 8.98. The molecule has 0 amide bonds. The highest BCUT2D eigenvalue weighted by Gasteiger charge is 2.37. The highest BCUT2D eigenvalue weighted by molar-refractivity contribution is 9.10. The van der Waals surface area contributed by atoms with Crippen LogP contribution >= 0.6 is 15.9 Å². The molecule has 0 radical (unpaired) electrons. The number of hydrogen-bond donors (Lipinski definition) is 1. The Kier molecular flexibility index (Phi) is 6.58. The van der Waals surface area contributed by atoms with E-state index in [2.05, 4.69) is 25.9 Å². The molecule has 2 aromatic heterocycles. The largest absolute Gasteiger partial charge is 0.493 e. The van der Waals surface area contributed by atoms with Crippen molar-refractivity contribution in [1.82, 2.24) is 14.5 Å². The van der Waals surface area contributed by atoms with Crippen LogP contribution in [0.3, 0.4) is 0 Å². The number of imidazole rings is 1. The van der Waals surface area contributed by atoms with Gasteiger partial charge < -0.3 is 15.0 Å². The minimum atomic E-state index is -4.60. The maximum Gasteiger partial charge on any atom is 0.449 e. The van der Waals surface area contributed by atoms with E-state index >= 15 is 0 Å². The minimum Gasteiger partial charge on any atom is -0.493 e. The quantitative estimate of drug-likeness (QED) is 0.225. The van der Waals surface area contributed by atoms with E-state index in [1.54, 1.807) is 25.1 Å². The monoisotopic (exact) mass is 524 g/mol. The number of fused-ring (bicyclic) bond motifs is 3. The zero-order valence-corrected chi connectivity index (χ0v) is 19.3. The van der Waals surface area contributed by atoms with Crippen molar-refractivity contribution < 1.29 is 22.3 Å². The van der Waals surface area contributed by atoms with Crippen LogP contribution in [-0.4, -0.2) is 21.1 Å². The summed E-state index contributed by atoms with van der Waals surface area (Å²) in [5, 5.41) is 0.592. The molecule has 0 bridgehead atoms. The van der Waals surface area contributed by atoms with Gasteiger partial charge in [0.05, 0.1) is 23.8 Å². The second kappa shape index (κ2) is 9.26. The summed E-state index contributed by atoms with van der Waals surface area (Å²) in [6.45, 7) is 2.08. The fraction of sp³-hybridized carbons (Fsp3) is 0.304. The number of rotatable bonds is 7. The van der Waals surface area contributed by atoms with Crippen LogP contribution < -0.4 is 10.5 Å². The standard InChI is InChI=1S/C23H21BrF4N4O/c1-13(29)16-11-15(25)5-7-20(16)33-9-3-2-8-32-21-17-10-14(24)4-6-18(17)30-12-19(21)31-22(32)23(26,27)28/h4-7,10-13H,2-3,8-9,29H2,1H3/t13-/m1/s1. The summed E-state index contributed by atoms with van der Waals surface area (Å²) in [5.74, 6) is -0.891. The third kappa shape index (κ3) is 4.96. The first-order valence-corrected chi connectivity index (χ1v) is 11.1. The van der Waals surface area contributed by atoms with Crippen molar-refractivity contribution in [2.24, 2.45) is 5.73 Å². The zero-order valence-electron chi connectivity index (χ0n) is 17.7. The van der Waals surface area contributed by atoms with E-state index in [9.17, 15) is 17.6 Å². The Bertz CT molecular complexity index is 1300. The minimum absolute atomic E-state index is 0.101. The molecular weight excluding hydrogens is 504 g/mol. The first-order chi connectivity index (χ1) is 15.6. The molecule has 2 N–H and O–H groups in total. The Balaban J connectivity index is 1.55. The number of hydrogen-bond acceptors (Lipinski definition) is 4. The van der Waals surface area contributed by atoms with Crippen molar-refractivity contribution in [3.8, 4) is 5.75 Å². The molecule has 174 valence electrons. The average molecular weight is 525 g/mol. The Morgan fingerprint density at radius 2 is 1.91 bits per heavy atom. The summed E-state index contributed by atoms with van der Waals surface area (Å²) >= 11 is 3.38. The normalized spacial score (nSPS) is 13.1. The van der Waals surface area contributed by atoms with E-state index in [0.29, 0.717) is 40.6 Å². The molecule has 0 spiro atoms. The Hall–Kier alpha value is -2.72. The van der Waals surface area contributed by atoms with Gasteiger partial charge in [0.1, 0.15) is 17.1 Å². The number of benzene rings is 2. The van der Waals surface area contributed by atoms with Gasteiger partial charge in [-0.2, -0.15) is 13.2 Å². The maximum atomic E-state index is 13.7. The fourth-order valence-electron chi connectivity index (χ4n) is 3.78. The van der Waals surface area contributed by atoms with E-state index in [0.717, 1.165) is 4.47 Å². The van der Waals surface area contributed by atoms with Crippen LogP contribution in [0.25, 0.3) is 21.9 Å². The number of aromatic nitrogens is 3. The van der Waals surface area contributed by atoms with Crippen LogP contribution in [0.1, 0.15) is 37.2 Å². The molecule has 10 heteroatoms. The lowest BCUT2D eigenvalue weighted by Gasteiger charge is -2.15. The van der Waals surface area contributed by atoms with E-state index in [1.807, 2.05) is 0 Å². The van der Waals surface area contributed by atoms with Crippen LogP contribution in [0.4, 0.5) is 17.6 Å². The number of pyridine rings is 1. The summed E-state index contributed by atoms with van der Waals surface area (Å²) in [5.41, 5.74) is 7.59. The topological polar surface area (TPSA) is 66.0 Å². The Labute approximate surface area is 195 Å². The van der Waals surface area contributed by atoms with Crippen molar-refractivity contribution in [3.63, 3.8) is 0 Å². The lowest BCUT2D eigenvalue weighted by molar-refractivity contribution is -0.146. The molecule has 0 unspecified atom stereocenters. The first-order valence-electron chi connectivity index (χ1n) is 10.3. The van der Waals surface area contributed by atoms with Gasteiger partial charge in [0, 0.05) is 28.0 Å². The predicted molar refractivity (Wildman–Crippen MR) is 121 cm³/mol. The number of alkyl halides is 3. The van der Waals surface area contributed by atoms with Gasteiger partial charge in [-0.15, -0.1) is 0 Å². The number of aryl methyl sites for hydroxylation is 1. The number of ether oxygens (including phenoxy) is 1. The average Bonchev–Trinajstić information content (AvgIpc) is 3.14. The van der Waals surface area contributed by atoms with Gasteiger partial charge in [0.2, 0.25) is 5.82 Å². The number of unbranched alkanes of at least 4 members (excludes halogenated alkanes) is 1. The van der Waals surface area contributed by atoms with Crippen molar-refractivity contribution in [3.05, 3.63) is 64.3 Å². The third-order valence-corrected chi connectivity index (χ3v) is 5.78. The van der Waals surface area contributed by atoms with Crippen LogP contribution in [0, 0.1) is 5.82 Å². The van der Waals surface area contributed by atoms with Gasteiger partial charge in [-0.1, -0.05) is 15.9 Å². The molecule has 1 atom stereocenters. The molecule has 33 heavy (non-hydrogen) atoms. The van der Waals surface area contributed by atoms with Crippen molar-refractivity contribution in [2.75, 3.05) is 6.61 Å². The molecule has 0 aliphatic carbocycles. The first kappa shape index (κ1) is 23.4. The predicted octanol–water partition coefficient (Wildman–Crippen LogP) is 6.38. The van der Waals surface area contributed by atoms with Gasteiger partial charge in [-0.25, -0.2) is 9.37 Å². The molecule has 0 aliphatic heterocycles. The number of halogens is 5. The van der Waals surface area contributed by atoms with E-state index in [-0.39, 0.29) is 18.7 Å². The Morgan fingerprint density at radius 3 is 2.64 bits per heavy atom. The van der Waals surface area contributed by atoms with Crippen molar-refractivity contribution in [1.29, 1.82) is 0 Å². The van der Waals surface area contributed by atoms with Gasteiger partial charge >= 0.3 is 6.18 Å². The summed E-state index contributed by atoms with van der Waals surface area (Å²) in [7, 11) is 0. The molecule has 5 nitrogen and oxygen atoms in total. The molecule has 0 aliphatic rings. The van der Waals surface area contributed by atoms with Crippen molar-refractivity contribution >= 4 is 37.9 Å². The summed E-state index contributed by atoms with van der Waals surface area (Å²) in [6.07, 6.45) is -2.33. The highest BCUT2D eigenvalue weighted by atomic mass is 79.9. The van der Waals surface area contributed by atoms with E-state index in [4.69, 9.17) is 10.5 Å². The molecule has 0 fully saturated rings. The third-order valence-electron chi connectivity index (χ3n) is 5.28. The highest BCUT2D eigenvalue weighted by Crippen LogP contribution is 2.35. The number of nitrogens with two attached hydrogens (primary N) is 1. The zero-order chi connectivity index (χ0) is 23.8. The smallest absolute Gasteiger partial charge is 0.449 e. The van der Waals surface area contributed by atoms with Crippen LogP contribution in [0.5, 0.6) is 5.75 Å². The second-order valence-electron chi connectivity index (χ2n) is 7.76. The second-order valence-corrected chi connectivity index (χ2v) is 8.68. The van der Waals surface area contributed by atoms with E-state index < -0.39 is 23.9 Å². The van der Waals surface area contributed by atoms with Crippen molar-refractivity contribution in [2.45, 2.75) is 38.5 Å². The maximum absolute atomic E-state index is 13.7. The van der Waals surface area contributed by atoms with Gasteiger partial charge in [0.15, 0.2) is 0 Å². The molecule has 0 saturated heterocycles. The lowest BCUT2D eigenvalue weighted by Crippen LogP contribution is -2.15. The van der Waals surface area contributed by atoms with Gasteiger partial charge in [-0.3, -0.25) is 4.98 Å². The van der Waals surface area contributed by atoms with Gasteiger partial charge in [0.25, 0.3) is 0 Å². The van der Waals surface area contributed by atoms with Crippen LogP contribution in [-0.2, 0) is 12.7 Å². The van der Waals surface area contributed by atoms with Crippen LogP contribution in [0.15, 0.2) is 47.1 Å². The number of nitrogens with zero attached hydrogens (tertiary/aromatic N) is 3. The molecule has 2 aromatic carbocycles.